The molecule has 21 heavy (non-hydrogen) atoms. The van der Waals surface area contributed by atoms with Gasteiger partial charge < -0.3 is 15.7 Å². The zero-order chi connectivity index (χ0) is 15.4. The van der Waals surface area contributed by atoms with Gasteiger partial charge in [-0.15, -0.1) is 0 Å². The Morgan fingerprint density at radius 3 is 2.43 bits per heavy atom. The van der Waals surface area contributed by atoms with E-state index in [-0.39, 0.29) is 6.03 Å². The number of aliphatic hydroxyl groups is 1. The number of halogens is 1. The Bertz CT molecular complexity index is 639. The van der Waals surface area contributed by atoms with Crippen LogP contribution in [0.1, 0.15) is 24.2 Å². The molecule has 0 aromatic heterocycles. The minimum Gasteiger partial charge on any atom is -0.389 e. The van der Waals surface area contributed by atoms with Crippen LogP contribution >= 0.6 is 15.9 Å². The fraction of sp³-hybridized carbons (Fsp3) is 0.188. The number of nitrogens with one attached hydrogen (secondary N) is 2. The maximum Gasteiger partial charge on any atom is 0.323 e. The second-order valence-electron chi connectivity index (χ2n) is 4.86. The maximum absolute atomic E-state index is 12.0. The summed E-state index contributed by atoms with van der Waals surface area (Å²) in [7, 11) is 0. The lowest BCUT2D eigenvalue weighted by Gasteiger charge is -2.11. The number of carbonyl (C=O) groups is 1. The molecule has 2 aromatic carbocycles. The molecule has 0 saturated carbocycles. The van der Waals surface area contributed by atoms with E-state index >= 15 is 0 Å². The molecule has 2 aromatic rings. The number of aliphatic hydroxyl groups excluding tert-OH is 1. The summed E-state index contributed by atoms with van der Waals surface area (Å²) in [6, 6.07) is 12.5. The van der Waals surface area contributed by atoms with Crippen LogP contribution in [0.2, 0.25) is 0 Å². The van der Waals surface area contributed by atoms with Gasteiger partial charge in [0.05, 0.1) is 11.8 Å². The Morgan fingerprint density at radius 2 is 1.81 bits per heavy atom. The SMILES string of the molecule is Cc1ccc(Br)c(NC(=O)Nc2ccc(C(C)O)cc2)c1. The molecule has 0 aliphatic heterocycles. The summed E-state index contributed by atoms with van der Waals surface area (Å²) in [4.78, 5) is 12.0. The highest BCUT2D eigenvalue weighted by atomic mass is 79.9. The van der Waals surface area contributed by atoms with Gasteiger partial charge in [-0.05, 0) is 65.2 Å². The first-order chi connectivity index (χ1) is 9.95. The smallest absolute Gasteiger partial charge is 0.323 e. The van der Waals surface area contributed by atoms with Gasteiger partial charge in [0.1, 0.15) is 0 Å². The number of anilines is 2. The van der Waals surface area contributed by atoms with E-state index in [1.165, 1.54) is 0 Å². The average Bonchev–Trinajstić information content (AvgIpc) is 2.43. The molecule has 0 aliphatic carbocycles. The first kappa shape index (κ1) is 15.5. The maximum atomic E-state index is 12.0. The number of hydrogen-bond donors (Lipinski definition) is 3. The van der Waals surface area contributed by atoms with Crippen molar-refractivity contribution in [1.29, 1.82) is 0 Å². The molecular weight excluding hydrogens is 332 g/mol. The van der Waals surface area contributed by atoms with Gasteiger partial charge in [0.15, 0.2) is 0 Å². The van der Waals surface area contributed by atoms with E-state index in [4.69, 9.17) is 0 Å². The summed E-state index contributed by atoms with van der Waals surface area (Å²) in [6.45, 7) is 3.66. The van der Waals surface area contributed by atoms with Crippen LogP contribution in [-0.2, 0) is 0 Å². The third-order valence-corrected chi connectivity index (χ3v) is 3.71. The number of hydrogen-bond acceptors (Lipinski definition) is 2. The van der Waals surface area contributed by atoms with Gasteiger partial charge in [-0.2, -0.15) is 0 Å². The van der Waals surface area contributed by atoms with Gasteiger partial charge in [0.25, 0.3) is 0 Å². The van der Waals surface area contributed by atoms with E-state index in [1.54, 1.807) is 31.2 Å². The first-order valence-corrected chi connectivity index (χ1v) is 7.37. The van der Waals surface area contributed by atoms with Crippen LogP contribution in [0.4, 0.5) is 16.2 Å². The van der Waals surface area contributed by atoms with E-state index in [0.717, 1.165) is 15.6 Å². The van der Waals surface area contributed by atoms with Crippen molar-refractivity contribution >= 4 is 33.3 Å². The van der Waals surface area contributed by atoms with E-state index in [1.807, 2.05) is 25.1 Å². The Labute approximate surface area is 132 Å². The van der Waals surface area contributed by atoms with Crippen molar-refractivity contribution < 1.29 is 9.90 Å². The predicted octanol–water partition coefficient (Wildman–Crippen LogP) is 4.45. The zero-order valence-corrected chi connectivity index (χ0v) is 13.4. The van der Waals surface area contributed by atoms with Gasteiger partial charge in [-0.3, -0.25) is 0 Å². The summed E-state index contributed by atoms with van der Waals surface area (Å²) >= 11 is 3.40. The second kappa shape index (κ2) is 6.74. The highest BCUT2D eigenvalue weighted by Crippen LogP contribution is 2.23. The molecule has 4 nitrogen and oxygen atoms in total. The van der Waals surface area contributed by atoms with Gasteiger partial charge in [-0.1, -0.05) is 18.2 Å². The normalized spacial score (nSPS) is 11.8. The zero-order valence-electron chi connectivity index (χ0n) is 11.9. The highest BCUT2D eigenvalue weighted by Gasteiger charge is 2.07. The van der Waals surface area contributed by atoms with E-state index < -0.39 is 6.10 Å². The molecule has 1 atom stereocenters. The third-order valence-electron chi connectivity index (χ3n) is 3.02. The standard InChI is InChI=1S/C16H17BrN2O2/c1-10-3-8-14(17)15(9-10)19-16(21)18-13-6-4-12(5-7-13)11(2)20/h3-9,11,20H,1-2H3,(H2,18,19,21). The minimum absolute atomic E-state index is 0.314. The number of rotatable bonds is 3. The third kappa shape index (κ3) is 4.31. The van der Waals surface area contributed by atoms with Crippen LogP contribution in [0.25, 0.3) is 0 Å². The van der Waals surface area contributed by atoms with Gasteiger partial charge in [0, 0.05) is 10.2 Å². The Morgan fingerprint density at radius 1 is 1.14 bits per heavy atom. The fourth-order valence-electron chi connectivity index (χ4n) is 1.86. The first-order valence-electron chi connectivity index (χ1n) is 6.58. The molecule has 0 radical (unpaired) electrons. The van der Waals surface area contributed by atoms with Crippen molar-refractivity contribution in [3.63, 3.8) is 0 Å². The van der Waals surface area contributed by atoms with Gasteiger partial charge in [0.2, 0.25) is 0 Å². The van der Waals surface area contributed by atoms with E-state index in [0.29, 0.717) is 11.4 Å². The van der Waals surface area contributed by atoms with E-state index in [9.17, 15) is 9.90 Å². The van der Waals surface area contributed by atoms with E-state index in [2.05, 4.69) is 26.6 Å². The molecule has 2 rings (SSSR count). The van der Waals surface area contributed by atoms with Crippen LogP contribution in [-0.4, -0.2) is 11.1 Å². The predicted molar refractivity (Wildman–Crippen MR) is 88.6 cm³/mol. The lowest BCUT2D eigenvalue weighted by molar-refractivity contribution is 0.199. The van der Waals surface area contributed by atoms with Crippen molar-refractivity contribution in [2.24, 2.45) is 0 Å². The number of aryl methyl sites for hydroxylation is 1. The molecule has 0 bridgehead atoms. The number of amides is 2. The van der Waals surface area contributed by atoms with Crippen molar-refractivity contribution in [1.82, 2.24) is 0 Å². The molecule has 0 spiro atoms. The summed E-state index contributed by atoms with van der Waals surface area (Å²) in [6.07, 6.45) is -0.517. The molecular formula is C16H17BrN2O2. The van der Waals surface area contributed by atoms with Gasteiger partial charge >= 0.3 is 6.03 Å². The number of carbonyl (C=O) groups excluding carboxylic acids is 1. The summed E-state index contributed by atoms with van der Waals surface area (Å²) in [5.41, 5.74) is 3.26. The van der Waals surface area contributed by atoms with Crippen molar-refractivity contribution in [2.75, 3.05) is 10.6 Å². The highest BCUT2D eigenvalue weighted by molar-refractivity contribution is 9.10. The number of urea groups is 1. The largest absolute Gasteiger partial charge is 0.389 e. The topological polar surface area (TPSA) is 61.4 Å². The molecule has 3 N–H and O–H groups in total. The van der Waals surface area contributed by atoms with Crippen LogP contribution in [0.5, 0.6) is 0 Å². The molecule has 1 unspecified atom stereocenters. The van der Waals surface area contributed by atoms with Crippen molar-refractivity contribution in [3.05, 3.63) is 58.1 Å². The lowest BCUT2D eigenvalue weighted by atomic mass is 10.1. The molecule has 2 amide bonds. The van der Waals surface area contributed by atoms with Crippen molar-refractivity contribution in [2.45, 2.75) is 20.0 Å². The van der Waals surface area contributed by atoms with Crippen LogP contribution in [0.15, 0.2) is 46.9 Å². The minimum atomic E-state index is -0.517. The van der Waals surface area contributed by atoms with Crippen LogP contribution in [0, 0.1) is 6.92 Å². The molecule has 0 saturated heterocycles. The van der Waals surface area contributed by atoms with Crippen molar-refractivity contribution in [3.8, 4) is 0 Å². The molecule has 5 heteroatoms. The molecule has 0 heterocycles. The Hall–Kier alpha value is -1.85. The summed E-state index contributed by atoms with van der Waals surface area (Å²) in [5, 5.41) is 15.0. The van der Waals surface area contributed by atoms with Crippen LogP contribution in [0.3, 0.4) is 0 Å². The monoisotopic (exact) mass is 348 g/mol. The molecule has 0 aliphatic rings. The quantitative estimate of drug-likeness (QED) is 0.766. The summed E-state index contributed by atoms with van der Waals surface area (Å²) < 4.78 is 0.827. The molecule has 110 valence electrons. The van der Waals surface area contributed by atoms with Gasteiger partial charge in [-0.25, -0.2) is 4.79 Å². The number of benzene rings is 2. The lowest BCUT2D eigenvalue weighted by Crippen LogP contribution is -2.19. The Kier molecular flexibility index (Phi) is 4.98. The molecule has 0 fully saturated rings. The second-order valence-corrected chi connectivity index (χ2v) is 5.71. The van der Waals surface area contributed by atoms with Crippen LogP contribution < -0.4 is 10.6 Å². The Balaban J connectivity index is 2.03. The summed E-state index contributed by atoms with van der Waals surface area (Å²) in [5.74, 6) is 0. The fourth-order valence-corrected chi connectivity index (χ4v) is 2.21. The average molecular weight is 349 g/mol.